The Morgan fingerprint density at radius 3 is 2.59 bits per heavy atom. The van der Waals surface area contributed by atoms with E-state index in [0.29, 0.717) is 44.9 Å². The van der Waals surface area contributed by atoms with Crippen LogP contribution in [-0.4, -0.2) is 79.1 Å². The Morgan fingerprint density at radius 1 is 1.27 bits per heavy atom. The Labute approximate surface area is 133 Å². The Balaban J connectivity index is 1.62. The molecule has 2 rings (SSSR count). The molecule has 128 valence electrons. The average Bonchev–Trinajstić information content (AvgIpc) is 2.91. The van der Waals surface area contributed by atoms with Gasteiger partial charge in [0.25, 0.3) is 0 Å². The monoisotopic (exact) mass is 314 g/mol. The van der Waals surface area contributed by atoms with Gasteiger partial charge in [-0.3, -0.25) is 4.90 Å². The first-order chi connectivity index (χ1) is 10.6. The Morgan fingerprint density at radius 2 is 2.00 bits per heavy atom. The summed E-state index contributed by atoms with van der Waals surface area (Å²) in [7, 11) is 0. The van der Waals surface area contributed by atoms with Gasteiger partial charge in [0.2, 0.25) is 0 Å². The lowest BCUT2D eigenvalue weighted by atomic mass is 10.1. The SMILES string of the molecule is CCOC(=O)N1CCN(C[C@H](O)CO[C@H]2CCC[C@H]2C)CC1. The number of carbonyl (C=O) groups excluding carboxylic acids is 1. The highest BCUT2D eigenvalue weighted by molar-refractivity contribution is 5.67. The predicted molar refractivity (Wildman–Crippen MR) is 83.8 cm³/mol. The minimum atomic E-state index is -0.457. The molecule has 0 bridgehead atoms. The van der Waals surface area contributed by atoms with Gasteiger partial charge in [-0.25, -0.2) is 4.79 Å². The van der Waals surface area contributed by atoms with Crippen LogP contribution in [0.4, 0.5) is 4.79 Å². The molecule has 0 aromatic heterocycles. The van der Waals surface area contributed by atoms with Crippen molar-refractivity contribution in [1.29, 1.82) is 0 Å². The van der Waals surface area contributed by atoms with Gasteiger partial charge in [0.05, 0.1) is 25.4 Å². The minimum Gasteiger partial charge on any atom is -0.450 e. The largest absolute Gasteiger partial charge is 0.450 e. The molecule has 1 heterocycles. The molecule has 0 spiro atoms. The molecule has 0 aromatic carbocycles. The minimum absolute atomic E-state index is 0.235. The number of hydrogen-bond donors (Lipinski definition) is 1. The van der Waals surface area contributed by atoms with Gasteiger partial charge in [-0.05, 0) is 25.7 Å². The predicted octanol–water partition coefficient (Wildman–Crippen LogP) is 1.33. The molecule has 1 N–H and O–H groups in total. The smallest absolute Gasteiger partial charge is 0.409 e. The van der Waals surface area contributed by atoms with E-state index < -0.39 is 6.10 Å². The van der Waals surface area contributed by atoms with Gasteiger partial charge in [-0.15, -0.1) is 0 Å². The molecule has 22 heavy (non-hydrogen) atoms. The van der Waals surface area contributed by atoms with E-state index in [4.69, 9.17) is 9.47 Å². The lowest BCUT2D eigenvalue weighted by molar-refractivity contribution is -0.0353. The summed E-state index contributed by atoms with van der Waals surface area (Å²) in [6.07, 6.45) is 3.21. The van der Waals surface area contributed by atoms with Gasteiger partial charge < -0.3 is 19.5 Å². The molecule has 1 saturated carbocycles. The highest BCUT2D eigenvalue weighted by Gasteiger charge is 2.26. The van der Waals surface area contributed by atoms with Crippen molar-refractivity contribution >= 4 is 6.09 Å². The number of nitrogens with zero attached hydrogens (tertiary/aromatic N) is 2. The first-order valence-electron chi connectivity index (χ1n) is 8.54. The van der Waals surface area contributed by atoms with E-state index in [2.05, 4.69) is 11.8 Å². The van der Waals surface area contributed by atoms with Crippen molar-refractivity contribution in [1.82, 2.24) is 9.80 Å². The highest BCUT2D eigenvalue weighted by Crippen LogP contribution is 2.27. The van der Waals surface area contributed by atoms with Crippen molar-refractivity contribution in [2.45, 2.75) is 45.3 Å². The third kappa shape index (κ3) is 5.11. The van der Waals surface area contributed by atoms with Crippen molar-refractivity contribution in [2.75, 3.05) is 45.9 Å². The zero-order valence-electron chi connectivity index (χ0n) is 13.9. The van der Waals surface area contributed by atoms with Crippen LogP contribution in [0.3, 0.4) is 0 Å². The second-order valence-corrected chi connectivity index (χ2v) is 6.42. The van der Waals surface area contributed by atoms with Crippen LogP contribution < -0.4 is 0 Å². The number of ether oxygens (including phenoxy) is 2. The molecular formula is C16H30N2O4. The van der Waals surface area contributed by atoms with Gasteiger partial charge in [-0.2, -0.15) is 0 Å². The lowest BCUT2D eigenvalue weighted by Crippen LogP contribution is -2.51. The van der Waals surface area contributed by atoms with E-state index >= 15 is 0 Å². The Bertz CT molecular complexity index is 345. The number of piperazine rings is 1. The maximum absolute atomic E-state index is 11.6. The first kappa shape index (κ1) is 17.5. The van der Waals surface area contributed by atoms with E-state index in [0.717, 1.165) is 19.5 Å². The number of rotatable bonds is 6. The number of aliphatic hydroxyl groups excluding tert-OH is 1. The van der Waals surface area contributed by atoms with Crippen LogP contribution in [0.2, 0.25) is 0 Å². The second-order valence-electron chi connectivity index (χ2n) is 6.42. The van der Waals surface area contributed by atoms with E-state index in [1.165, 1.54) is 12.8 Å². The number of carbonyl (C=O) groups is 1. The fourth-order valence-corrected chi connectivity index (χ4v) is 3.27. The summed E-state index contributed by atoms with van der Waals surface area (Å²) in [5, 5.41) is 10.1. The van der Waals surface area contributed by atoms with Crippen LogP contribution >= 0.6 is 0 Å². The maximum Gasteiger partial charge on any atom is 0.409 e. The zero-order valence-corrected chi connectivity index (χ0v) is 13.9. The van der Waals surface area contributed by atoms with Crippen LogP contribution in [-0.2, 0) is 9.47 Å². The second kappa shape index (κ2) is 8.70. The molecule has 1 amide bonds. The molecule has 0 unspecified atom stereocenters. The Hall–Kier alpha value is -0.850. The van der Waals surface area contributed by atoms with Crippen molar-refractivity contribution in [3.63, 3.8) is 0 Å². The van der Waals surface area contributed by atoms with Crippen LogP contribution in [0, 0.1) is 5.92 Å². The molecule has 6 heteroatoms. The molecule has 1 saturated heterocycles. The third-order valence-corrected chi connectivity index (χ3v) is 4.65. The molecular weight excluding hydrogens is 284 g/mol. The standard InChI is InChI=1S/C16H30N2O4/c1-3-21-16(20)18-9-7-17(8-10-18)11-14(19)12-22-15-6-4-5-13(15)2/h13-15,19H,3-12H2,1-2H3/t13-,14+,15+/m1/s1. The van der Waals surface area contributed by atoms with Crippen molar-refractivity contribution in [3.05, 3.63) is 0 Å². The third-order valence-electron chi connectivity index (χ3n) is 4.65. The van der Waals surface area contributed by atoms with E-state index in [1.54, 1.807) is 4.90 Å². The number of aliphatic hydroxyl groups is 1. The summed E-state index contributed by atoms with van der Waals surface area (Å²) < 4.78 is 10.9. The molecule has 1 aliphatic carbocycles. The van der Waals surface area contributed by atoms with Crippen LogP contribution in [0.1, 0.15) is 33.1 Å². The fourth-order valence-electron chi connectivity index (χ4n) is 3.27. The zero-order chi connectivity index (χ0) is 15.9. The number of hydrogen-bond acceptors (Lipinski definition) is 5. The summed E-state index contributed by atoms with van der Waals surface area (Å²) in [4.78, 5) is 15.5. The van der Waals surface area contributed by atoms with Gasteiger partial charge in [0.1, 0.15) is 0 Å². The molecule has 2 fully saturated rings. The van der Waals surface area contributed by atoms with Crippen molar-refractivity contribution < 1.29 is 19.4 Å². The van der Waals surface area contributed by atoms with Crippen molar-refractivity contribution in [3.8, 4) is 0 Å². The number of β-amino-alcohol motifs (C(OH)–C–C–N with tert-alkyl or cyclic N) is 1. The summed E-state index contributed by atoms with van der Waals surface area (Å²) in [6.45, 7) is 8.33. The van der Waals surface area contributed by atoms with Gasteiger partial charge in [0.15, 0.2) is 0 Å². The maximum atomic E-state index is 11.6. The van der Waals surface area contributed by atoms with Gasteiger partial charge >= 0.3 is 6.09 Å². The number of amides is 1. The quantitative estimate of drug-likeness (QED) is 0.801. The van der Waals surface area contributed by atoms with Crippen LogP contribution in [0.25, 0.3) is 0 Å². The summed E-state index contributed by atoms with van der Waals surface area (Å²) in [5.74, 6) is 0.611. The van der Waals surface area contributed by atoms with E-state index in [1.807, 2.05) is 6.92 Å². The van der Waals surface area contributed by atoms with Gasteiger partial charge in [0, 0.05) is 32.7 Å². The molecule has 1 aliphatic heterocycles. The van der Waals surface area contributed by atoms with Crippen molar-refractivity contribution in [2.24, 2.45) is 5.92 Å². The van der Waals surface area contributed by atoms with E-state index in [-0.39, 0.29) is 6.09 Å². The summed E-state index contributed by atoms with van der Waals surface area (Å²) in [5.41, 5.74) is 0. The summed E-state index contributed by atoms with van der Waals surface area (Å²) in [6, 6.07) is 0. The average molecular weight is 314 g/mol. The molecule has 0 aromatic rings. The molecule has 0 radical (unpaired) electrons. The normalized spacial score (nSPS) is 27.9. The Kier molecular flexibility index (Phi) is 6.92. The molecule has 6 nitrogen and oxygen atoms in total. The van der Waals surface area contributed by atoms with Crippen LogP contribution in [0.5, 0.6) is 0 Å². The molecule has 2 aliphatic rings. The topological polar surface area (TPSA) is 62.2 Å². The highest BCUT2D eigenvalue weighted by atomic mass is 16.6. The van der Waals surface area contributed by atoms with Crippen LogP contribution in [0.15, 0.2) is 0 Å². The van der Waals surface area contributed by atoms with E-state index in [9.17, 15) is 9.90 Å². The lowest BCUT2D eigenvalue weighted by Gasteiger charge is -2.35. The first-order valence-corrected chi connectivity index (χ1v) is 8.54. The van der Waals surface area contributed by atoms with Gasteiger partial charge in [-0.1, -0.05) is 13.3 Å². The summed E-state index contributed by atoms with van der Waals surface area (Å²) >= 11 is 0. The fraction of sp³-hybridized carbons (Fsp3) is 0.938. The molecule has 3 atom stereocenters.